The summed E-state index contributed by atoms with van der Waals surface area (Å²) in [5.74, 6) is 0.167. The molecule has 0 bridgehead atoms. The highest BCUT2D eigenvalue weighted by Crippen LogP contribution is 2.31. The van der Waals surface area contributed by atoms with E-state index in [4.69, 9.17) is 0 Å². The first-order valence-electron chi connectivity index (χ1n) is 6.10. The van der Waals surface area contributed by atoms with E-state index in [1.54, 1.807) is 10.9 Å². The number of aromatic nitrogens is 2. The summed E-state index contributed by atoms with van der Waals surface area (Å²) in [6.07, 6.45) is 4.49. The lowest BCUT2D eigenvalue weighted by Crippen LogP contribution is -2.25. The Bertz CT molecular complexity index is 561. The minimum absolute atomic E-state index is 0.00796. The van der Waals surface area contributed by atoms with Crippen molar-refractivity contribution < 1.29 is 4.79 Å². The molecule has 0 saturated carbocycles. The van der Waals surface area contributed by atoms with Gasteiger partial charge in [0.1, 0.15) is 0 Å². The van der Waals surface area contributed by atoms with Gasteiger partial charge in [0.15, 0.2) is 0 Å². The number of carbonyl (C=O) groups is 1. The van der Waals surface area contributed by atoms with Crippen molar-refractivity contribution in [1.29, 1.82) is 0 Å². The van der Waals surface area contributed by atoms with E-state index in [1.165, 1.54) is 0 Å². The molecule has 1 aromatic heterocycles. The Morgan fingerprint density at radius 1 is 1.28 bits per heavy atom. The van der Waals surface area contributed by atoms with Gasteiger partial charge in [-0.2, -0.15) is 5.10 Å². The Balaban J connectivity index is 1.85. The molecule has 1 amide bonds. The monoisotopic (exact) mass is 241 g/mol. The zero-order valence-electron chi connectivity index (χ0n) is 10.3. The van der Waals surface area contributed by atoms with Crippen LogP contribution in [0, 0.1) is 0 Å². The van der Waals surface area contributed by atoms with E-state index in [9.17, 15) is 4.79 Å². The molecule has 3 rings (SSSR count). The van der Waals surface area contributed by atoms with Gasteiger partial charge < -0.3 is 4.90 Å². The molecule has 0 aliphatic carbocycles. The van der Waals surface area contributed by atoms with Gasteiger partial charge in [-0.3, -0.25) is 9.48 Å². The van der Waals surface area contributed by atoms with Crippen LogP contribution in [0.4, 0.5) is 5.69 Å². The second-order valence-corrected chi connectivity index (χ2v) is 4.61. The molecule has 0 spiro atoms. The Labute approximate surface area is 106 Å². The van der Waals surface area contributed by atoms with Crippen LogP contribution in [0.3, 0.4) is 0 Å². The number of hydrogen-bond acceptors (Lipinski definition) is 2. The average molecular weight is 241 g/mol. The van der Waals surface area contributed by atoms with Crippen molar-refractivity contribution in [2.75, 3.05) is 11.4 Å². The highest BCUT2D eigenvalue weighted by molar-refractivity contribution is 6.00. The molecular formula is C14H15N3O. The van der Waals surface area contributed by atoms with Crippen molar-refractivity contribution in [3.05, 3.63) is 48.3 Å². The number of rotatable bonds is 2. The largest absolute Gasteiger partial charge is 0.309 e. The van der Waals surface area contributed by atoms with E-state index in [2.05, 4.69) is 5.10 Å². The number of anilines is 1. The molecule has 0 N–H and O–H groups in total. The van der Waals surface area contributed by atoms with Crippen LogP contribution in [0.5, 0.6) is 0 Å². The lowest BCUT2D eigenvalue weighted by atomic mass is 9.98. The minimum Gasteiger partial charge on any atom is -0.309 e. The molecule has 92 valence electrons. The topological polar surface area (TPSA) is 38.1 Å². The molecule has 4 heteroatoms. The lowest BCUT2D eigenvalue weighted by molar-refractivity contribution is -0.118. The molecule has 1 unspecified atom stereocenters. The molecule has 1 atom stereocenters. The van der Waals surface area contributed by atoms with Gasteiger partial charge in [-0.25, -0.2) is 0 Å². The molecule has 2 aromatic rings. The number of aryl methyl sites for hydroxylation is 1. The van der Waals surface area contributed by atoms with E-state index < -0.39 is 0 Å². The number of carbonyl (C=O) groups excluding carboxylic acids is 1. The quantitative estimate of drug-likeness (QED) is 0.806. The SMILES string of the molecule is Cn1cc(N2CCC(c3ccccc3)C2=O)cn1. The molecule has 0 radical (unpaired) electrons. The van der Waals surface area contributed by atoms with Crippen molar-refractivity contribution in [3.8, 4) is 0 Å². The van der Waals surface area contributed by atoms with Gasteiger partial charge in [-0.1, -0.05) is 30.3 Å². The first-order valence-corrected chi connectivity index (χ1v) is 6.10. The number of hydrogen-bond donors (Lipinski definition) is 0. The van der Waals surface area contributed by atoms with E-state index in [-0.39, 0.29) is 11.8 Å². The fraction of sp³-hybridized carbons (Fsp3) is 0.286. The normalized spacial score (nSPS) is 19.5. The number of benzene rings is 1. The number of nitrogens with zero attached hydrogens (tertiary/aromatic N) is 3. The molecule has 18 heavy (non-hydrogen) atoms. The van der Waals surface area contributed by atoms with E-state index in [0.29, 0.717) is 0 Å². The maximum absolute atomic E-state index is 12.4. The average Bonchev–Trinajstić information content (AvgIpc) is 2.97. The summed E-state index contributed by atoms with van der Waals surface area (Å²) < 4.78 is 1.72. The van der Waals surface area contributed by atoms with Gasteiger partial charge in [-0.05, 0) is 12.0 Å². The highest BCUT2D eigenvalue weighted by atomic mass is 16.2. The van der Waals surface area contributed by atoms with Gasteiger partial charge >= 0.3 is 0 Å². The van der Waals surface area contributed by atoms with Crippen molar-refractivity contribution in [2.24, 2.45) is 7.05 Å². The summed E-state index contributed by atoms with van der Waals surface area (Å²) in [6, 6.07) is 9.98. The van der Waals surface area contributed by atoms with Crippen molar-refractivity contribution in [3.63, 3.8) is 0 Å². The van der Waals surface area contributed by atoms with Gasteiger partial charge in [0.05, 0.1) is 17.8 Å². The van der Waals surface area contributed by atoms with E-state index in [0.717, 1.165) is 24.2 Å². The van der Waals surface area contributed by atoms with Gasteiger partial charge in [0, 0.05) is 19.8 Å². The highest BCUT2D eigenvalue weighted by Gasteiger charge is 2.33. The first kappa shape index (κ1) is 11.0. The summed E-state index contributed by atoms with van der Waals surface area (Å²) in [4.78, 5) is 14.2. The van der Waals surface area contributed by atoms with Crippen LogP contribution < -0.4 is 4.90 Å². The van der Waals surface area contributed by atoms with Crippen LogP contribution >= 0.6 is 0 Å². The van der Waals surface area contributed by atoms with Crippen LogP contribution in [0.15, 0.2) is 42.7 Å². The summed E-state index contributed by atoms with van der Waals surface area (Å²) in [5.41, 5.74) is 2.00. The number of amides is 1. The Morgan fingerprint density at radius 3 is 2.72 bits per heavy atom. The fourth-order valence-electron chi connectivity index (χ4n) is 2.48. The molecule has 1 fully saturated rings. The molecule has 1 saturated heterocycles. The van der Waals surface area contributed by atoms with Crippen LogP contribution in [-0.2, 0) is 11.8 Å². The third-order valence-corrected chi connectivity index (χ3v) is 3.41. The fourth-order valence-corrected chi connectivity index (χ4v) is 2.48. The summed E-state index contributed by atoms with van der Waals surface area (Å²) in [5, 5.41) is 4.12. The van der Waals surface area contributed by atoms with Crippen molar-refractivity contribution >= 4 is 11.6 Å². The molecular weight excluding hydrogens is 226 g/mol. The standard InChI is InChI=1S/C14H15N3O/c1-16-10-12(9-15-16)17-8-7-13(14(17)18)11-5-3-2-4-6-11/h2-6,9-10,13H,7-8H2,1H3. The summed E-state index contributed by atoms with van der Waals surface area (Å²) >= 11 is 0. The molecule has 1 aliphatic heterocycles. The van der Waals surface area contributed by atoms with Gasteiger partial charge in [-0.15, -0.1) is 0 Å². The molecule has 4 nitrogen and oxygen atoms in total. The lowest BCUT2D eigenvalue weighted by Gasteiger charge is -2.14. The summed E-state index contributed by atoms with van der Waals surface area (Å²) in [6.45, 7) is 0.768. The molecule has 1 aromatic carbocycles. The zero-order valence-corrected chi connectivity index (χ0v) is 10.3. The Morgan fingerprint density at radius 2 is 2.06 bits per heavy atom. The predicted molar refractivity (Wildman–Crippen MR) is 69.4 cm³/mol. The van der Waals surface area contributed by atoms with E-state index in [1.807, 2.05) is 48.5 Å². The Kier molecular flexibility index (Phi) is 2.63. The second-order valence-electron chi connectivity index (χ2n) is 4.61. The van der Waals surface area contributed by atoms with Crippen molar-refractivity contribution in [1.82, 2.24) is 9.78 Å². The van der Waals surface area contributed by atoms with Gasteiger partial charge in [0.25, 0.3) is 0 Å². The van der Waals surface area contributed by atoms with Crippen LogP contribution in [0.25, 0.3) is 0 Å². The second kappa shape index (κ2) is 4.29. The maximum Gasteiger partial charge on any atom is 0.234 e. The molecule has 2 heterocycles. The van der Waals surface area contributed by atoms with Crippen LogP contribution in [0.1, 0.15) is 17.9 Å². The predicted octanol–water partition coefficient (Wildman–Crippen LogP) is 1.94. The van der Waals surface area contributed by atoms with E-state index >= 15 is 0 Å². The summed E-state index contributed by atoms with van der Waals surface area (Å²) in [7, 11) is 1.86. The zero-order chi connectivity index (χ0) is 12.5. The van der Waals surface area contributed by atoms with Crippen LogP contribution in [0.2, 0.25) is 0 Å². The maximum atomic E-state index is 12.4. The molecule has 1 aliphatic rings. The minimum atomic E-state index is -0.00796. The van der Waals surface area contributed by atoms with Crippen LogP contribution in [-0.4, -0.2) is 22.2 Å². The van der Waals surface area contributed by atoms with Gasteiger partial charge in [0.2, 0.25) is 5.91 Å². The third kappa shape index (κ3) is 1.79. The smallest absolute Gasteiger partial charge is 0.234 e. The Hall–Kier alpha value is -2.10. The third-order valence-electron chi connectivity index (χ3n) is 3.41. The van der Waals surface area contributed by atoms with Crippen molar-refractivity contribution in [2.45, 2.75) is 12.3 Å². The first-order chi connectivity index (χ1) is 8.75.